The molecule has 0 saturated heterocycles. The molecule has 0 fully saturated rings. The van der Waals surface area contributed by atoms with E-state index >= 15 is 0 Å². The van der Waals surface area contributed by atoms with E-state index in [-0.39, 0.29) is 0 Å². The van der Waals surface area contributed by atoms with Gasteiger partial charge in [-0.25, -0.2) is 0 Å². The number of H-pyrrole nitrogens is 1. The Morgan fingerprint density at radius 2 is 2.31 bits per heavy atom. The lowest BCUT2D eigenvalue weighted by atomic mass is 10.2. The van der Waals surface area contributed by atoms with Gasteiger partial charge in [-0.3, -0.25) is 10.1 Å². The van der Waals surface area contributed by atoms with Crippen LogP contribution in [0.25, 0.3) is 10.9 Å². The van der Waals surface area contributed by atoms with Crippen LogP contribution in [0.5, 0.6) is 0 Å². The van der Waals surface area contributed by atoms with Gasteiger partial charge in [0.15, 0.2) is 0 Å². The van der Waals surface area contributed by atoms with Crippen LogP contribution in [0, 0.1) is 11.6 Å². The van der Waals surface area contributed by atoms with Crippen molar-refractivity contribution in [3.63, 3.8) is 0 Å². The second kappa shape index (κ2) is 3.16. The first-order valence-corrected chi connectivity index (χ1v) is 4.89. The predicted octanol–water partition coefficient (Wildman–Crippen LogP) is 2.76. The van der Waals surface area contributed by atoms with Crippen LogP contribution in [-0.2, 0) is 0 Å². The van der Waals surface area contributed by atoms with Gasteiger partial charge in [0.1, 0.15) is 4.64 Å². The third kappa shape index (κ3) is 1.49. The van der Waals surface area contributed by atoms with Gasteiger partial charge < -0.3 is 0 Å². The summed E-state index contributed by atoms with van der Waals surface area (Å²) in [7, 11) is 0. The van der Waals surface area contributed by atoms with Gasteiger partial charge in [0, 0.05) is 16.1 Å². The molecular weight excluding hydrogens is 250 g/mol. The molecule has 0 aromatic carbocycles. The van der Waals surface area contributed by atoms with Gasteiger partial charge >= 0.3 is 0 Å². The number of hydrogen-bond donors (Lipinski definition) is 1. The second-order valence-electron chi connectivity index (χ2n) is 2.69. The van der Waals surface area contributed by atoms with E-state index in [1.807, 2.05) is 13.0 Å². The molecule has 1 N–H and O–H groups in total. The molecule has 2 rings (SSSR count). The Balaban J connectivity index is 3.01. The van der Waals surface area contributed by atoms with Gasteiger partial charge in [0.05, 0.1) is 11.2 Å². The zero-order chi connectivity index (χ0) is 9.42. The Hall–Kier alpha value is -0.810. The fourth-order valence-corrected chi connectivity index (χ4v) is 1.68. The molecule has 5 heteroatoms. The van der Waals surface area contributed by atoms with E-state index in [1.165, 1.54) is 0 Å². The normalized spacial score (nSPS) is 10.6. The van der Waals surface area contributed by atoms with Crippen LogP contribution in [0.2, 0.25) is 0 Å². The molecule has 2 heterocycles. The number of hydrogen-bond acceptors (Lipinski definition) is 3. The van der Waals surface area contributed by atoms with Crippen molar-refractivity contribution in [3.05, 3.63) is 27.1 Å². The number of pyridine rings is 1. The van der Waals surface area contributed by atoms with Gasteiger partial charge in [-0.1, -0.05) is 12.2 Å². The number of halogens is 1. The van der Waals surface area contributed by atoms with Crippen LogP contribution in [0.1, 0.15) is 5.69 Å². The first-order chi connectivity index (χ1) is 6.18. The molecule has 0 amide bonds. The minimum absolute atomic E-state index is 0.620. The Morgan fingerprint density at radius 1 is 1.54 bits per heavy atom. The fourth-order valence-electron chi connectivity index (χ4n) is 1.15. The topological polar surface area (TPSA) is 41.6 Å². The third-order valence-corrected chi connectivity index (χ3v) is 2.51. The van der Waals surface area contributed by atoms with Gasteiger partial charge in [0.2, 0.25) is 0 Å². The van der Waals surface area contributed by atoms with Crippen LogP contribution in [0.3, 0.4) is 0 Å². The number of nitrogens with one attached hydrogen (secondary N) is 1. The molecule has 0 aliphatic rings. The zero-order valence-corrected chi connectivity index (χ0v) is 9.24. The van der Waals surface area contributed by atoms with Crippen molar-refractivity contribution in [3.8, 4) is 0 Å². The molecule has 0 unspecified atom stereocenters. The van der Waals surface area contributed by atoms with Crippen LogP contribution < -0.4 is 0 Å². The predicted molar refractivity (Wildman–Crippen MR) is 57.2 cm³/mol. The van der Waals surface area contributed by atoms with Gasteiger partial charge in [-0.05, 0) is 28.9 Å². The molecule has 0 spiro atoms. The lowest BCUT2D eigenvalue weighted by Crippen LogP contribution is -1.91. The summed E-state index contributed by atoms with van der Waals surface area (Å²) in [6.07, 6.45) is 1.74. The lowest BCUT2D eigenvalue weighted by molar-refractivity contribution is 0.983. The maximum absolute atomic E-state index is 5.09. The summed E-state index contributed by atoms with van der Waals surface area (Å²) < 4.78 is 1.54. The number of nitrogens with zero attached hydrogens (tertiary/aromatic N) is 2. The van der Waals surface area contributed by atoms with Crippen molar-refractivity contribution in [1.29, 1.82) is 0 Å². The molecule has 3 nitrogen and oxygen atoms in total. The van der Waals surface area contributed by atoms with Crippen molar-refractivity contribution < 1.29 is 0 Å². The third-order valence-electron chi connectivity index (χ3n) is 1.77. The molecule has 0 saturated carbocycles. The van der Waals surface area contributed by atoms with Gasteiger partial charge in [-0.2, -0.15) is 5.10 Å². The lowest BCUT2D eigenvalue weighted by Gasteiger charge is -1.99. The summed E-state index contributed by atoms with van der Waals surface area (Å²) >= 11 is 8.44. The molecule has 0 bridgehead atoms. The number of aromatic nitrogens is 3. The van der Waals surface area contributed by atoms with Crippen LogP contribution in [0.4, 0.5) is 0 Å². The zero-order valence-electron chi connectivity index (χ0n) is 6.84. The van der Waals surface area contributed by atoms with Gasteiger partial charge in [-0.15, -0.1) is 0 Å². The van der Waals surface area contributed by atoms with Crippen LogP contribution in [0.15, 0.2) is 16.7 Å². The molecule has 0 radical (unpaired) electrons. The van der Waals surface area contributed by atoms with Crippen molar-refractivity contribution in [2.45, 2.75) is 6.92 Å². The minimum Gasteiger partial charge on any atom is -0.267 e. The summed E-state index contributed by atoms with van der Waals surface area (Å²) in [4.78, 5) is 4.25. The Morgan fingerprint density at radius 3 is 3.08 bits per heavy atom. The highest BCUT2D eigenvalue weighted by Gasteiger charge is 2.01. The van der Waals surface area contributed by atoms with Crippen molar-refractivity contribution in [1.82, 2.24) is 15.2 Å². The van der Waals surface area contributed by atoms with Crippen molar-refractivity contribution in [2.75, 3.05) is 0 Å². The quantitative estimate of drug-likeness (QED) is 0.737. The molecule has 0 atom stereocenters. The van der Waals surface area contributed by atoms with Gasteiger partial charge in [0.25, 0.3) is 0 Å². The number of rotatable bonds is 0. The molecule has 13 heavy (non-hydrogen) atoms. The largest absolute Gasteiger partial charge is 0.267 e. The average Bonchev–Trinajstić information content (AvgIpc) is 2.12. The summed E-state index contributed by atoms with van der Waals surface area (Å²) in [5.41, 5.74) is 1.71. The summed E-state index contributed by atoms with van der Waals surface area (Å²) in [6.45, 7) is 1.90. The highest BCUT2D eigenvalue weighted by molar-refractivity contribution is 9.10. The fraction of sp³-hybridized carbons (Fsp3) is 0.125. The number of aromatic amines is 1. The Kier molecular flexibility index (Phi) is 2.13. The van der Waals surface area contributed by atoms with Crippen LogP contribution >= 0.6 is 28.1 Å². The molecule has 2 aromatic heterocycles. The van der Waals surface area contributed by atoms with Crippen molar-refractivity contribution >= 4 is 39.1 Å². The molecule has 2 aromatic rings. The van der Waals surface area contributed by atoms with E-state index in [4.69, 9.17) is 12.2 Å². The highest BCUT2D eigenvalue weighted by Crippen LogP contribution is 2.18. The standard InChI is InChI=1S/C8H6BrN3S/c1-4-7-6(8(13)12-11-4)2-5(9)3-10-7/h2-3H,1H3,(H,12,13). The SMILES string of the molecule is Cc1n[nH]c(=S)c2cc(Br)cnc12. The second-order valence-corrected chi connectivity index (χ2v) is 4.01. The average molecular weight is 256 g/mol. The maximum atomic E-state index is 5.09. The minimum atomic E-state index is 0.620. The molecular formula is C8H6BrN3S. The van der Waals surface area contributed by atoms with Crippen molar-refractivity contribution in [2.24, 2.45) is 0 Å². The number of aryl methyl sites for hydroxylation is 1. The van der Waals surface area contributed by atoms with E-state index in [1.54, 1.807) is 6.20 Å². The first-order valence-electron chi connectivity index (χ1n) is 3.69. The maximum Gasteiger partial charge on any atom is 0.129 e. The van der Waals surface area contributed by atoms with E-state index in [2.05, 4.69) is 31.1 Å². The molecule has 66 valence electrons. The summed E-state index contributed by atoms with van der Waals surface area (Å²) in [6, 6.07) is 1.94. The summed E-state index contributed by atoms with van der Waals surface area (Å²) in [5, 5.41) is 7.73. The summed E-state index contributed by atoms with van der Waals surface area (Å²) in [5.74, 6) is 0. The number of fused-ring (bicyclic) bond motifs is 1. The monoisotopic (exact) mass is 255 g/mol. The Bertz CT molecular complexity index is 520. The Labute approximate surface area is 88.3 Å². The van der Waals surface area contributed by atoms with Crippen LogP contribution in [-0.4, -0.2) is 15.2 Å². The van der Waals surface area contributed by atoms with E-state index in [0.717, 1.165) is 21.1 Å². The smallest absolute Gasteiger partial charge is 0.129 e. The highest BCUT2D eigenvalue weighted by atomic mass is 79.9. The molecule has 0 aliphatic carbocycles. The first kappa shape index (κ1) is 8.77. The van der Waals surface area contributed by atoms with E-state index < -0.39 is 0 Å². The van der Waals surface area contributed by atoms with E-state index in [9.17, 15) is 0 Å². The molecule has 0 aliphatic heterocycles. The van der Waals surface area contributed by atoms with E-state index in [0.29, 0.717) is 4.64 Å².